The molecule has 1 N–H and O–H groups in total. The second kappa shape index (κ2) is 6.66. The fourth-order valence-corrected chi connectivity index (χ4v) is 3.33. The summed E-state index contributed by atoms with van der Waals surface area (Å²) in [5.41, 5.74) is 2.22. The first-order valence-corrected chi connectivity index (χ1v) is 8.84. The van der Waals surface area contributed by atoms with E-state index in [-0.39, 0.29) is 5.88 Å². The molecule has 25 heavy (non-hydrogen) atoms. The lowest BCUT2D eigenvalue weighted by molar-refractivity contribution is 0.429. The van der Waals surface area contributed by atoms with E-state index in [0.717, 1.165) is 16.5 Å². The molecule has 0 spiro atoms. The van der Waals surface area contributed by atoms with Crippen LogP contribution in [0.25, 0.3) is 10.9 Å². The molecule has 124 valence electrons. The van der Waals surface area contributed by atoms with Crippen LogP contribution in [0.3, 0.4) is 0 Å². The summed E-state index contributed by atoms with van der Waals surface area (Å²) in [7, 11) is 0. The molecule has 4 rings (SSSR count). The smallest absolute Gasteiger partial charge is 0.229 e. The summed E-state index contributed by atoms with van der Waals surface area (Å²) in [4.78, 5) is 4.08. The molecule has 0 radical (unpaired) electrons. The molecule has 4 aromatic rings. The van der Waals surface area contributed by atoms with E-state index in [1.165, 1.54) is 11.3 Å². The minimum Gasteiger partial charge on any atom is -0.493 e. The van der Waals surface area contributed by atoms with Gasteiger partial charge in [0.2, 0.25) is 11.0 Å². The van der Waals surface area contributed by atoms with Crippen LogP contribution in [0.15, 0.2) is 70.3 Å². The average Bonchev–Trinajstić information content (AvgIpc) is 3.23. The van der Waals surface area contributed by atoms with Crippen molar-refractivity contribution in [3.8, 4) is 5.88 Å². The van der Waals surface area contributed by atoms with Crippen molar-refractivity contribution in [2.24, 2.45) is 10.2 Å². The number of hydrogen-bond acceptors (Lipinski definition) is 5. The highest BCUT2D eigenvalue weighted by molar-refractivity contribution is 7.13. The molecule has 0 atom stereocenters. The number of thiazole rings is 1. The first-order chi connectivity index (χ1) is 12.2. The van der Waals surface area contributed by atoms with Gasteiger partial charge in [0.05, 0.1) is 12.1 Å². The van der Waals surface area contributed by atoms with Crippen molar-refractivity contribution in [3.05, 3.63) is 70.7 Å². The van der Waals surface area contributed by atoms with E-state index in [1.54, 1.807) is 10.8 Å². The van der Waals surface area contributed by atoms with Gasteiger partial charge < -0.3 is 9.67 Å². The quantitative estimate of drug-likeness (QED) is 0.454. The lowest BCUT2D eigenvalue weighted by atomic mass is 10.2. The van der Waals surface area contributed by atoms with E-state index < -0.39 is 0 Å². The van der Waals surface area contributed by atoms with Gasteiger partial charge in [-0.1, -0.05) is 48.0 Å². The summed E-state index contributed by atoms with van der Waals surface area (Å²) < 4.78 is 1.78. The van der Waals surface area contributed by atoms with E-state index in [1.807, 2.05) is 53.9 Å². The van der Waals surface area contributed by atoms with Gasteiger partial charge in [0, 0.05) is 22.0 Å². The first kappa shape index (κ1) is 15.8. The number of rotatable bonds is 4. The molecular formula is C18H13ClN4OS. The van der Waals surface area contributed by atoms with Crippen molar-refractivity contribution in [2.75, 3.05) is 0 Å². The molecule has 0 amide bonds. The third kappa shape index (κ3) is 3.01. The minimum absolute atomic E-state index is 0.0569. The number of hydrogen-bond donors (Lipinski definition) is 1. The highest BCUT2D eigenvalue weighted by Gasteiger charge is 2.17. The number of aromatic hydroxyl groups is 1. The summed E-state index contributed by atoms with van der Waals surface area (Å²) in [6.07, 6.45) is 1.67. The van der Waals surface area contributed by atoms with Gasteiger partial charge in [-0.2, -0.15) is 0 Å². The maximum atomic E-state index is 10.7. The van der Waals surface area contributed by atoms with Gasteiger partial charge >= 0.3 is 0 Å². The Morgan fingerprint density at radius 3 is 2.68 bits per heavy atom. The molecule has 7 heteroatoms. The molecule has 2 heterocycles. The van der Waals surface area contributed by atoms with Crippen LogP contribution in [0.4, 0.5) is 10.8 Å². The summed E-state index contributed by atoms with van der Waals surface area (Å²) in [6, 6.07) is 15.3. The van der Waals surface area contributed by atoms with Crippen molar-refractivity contribution in [1.82, 2.24) is 9.55 Å². The zero-order chi connectivity index (χ0) is 17.2. The number of fused-ring (bicyclic) bond motifs is 1. The first-order valence-electron chi connectivity index (χ1n) is 7.59. The Bertz CT molecular complexity index is 1060. The fourth-order valence-electron chi connectivity index (χ4n) is 2.69. The molecule has 0 fully saturated rings. The van der Waals surface area contributed by atoms with Crippen LogP contribution in [-0.2, 0) is 6.54 Å². The van der Waals surface area contributed by atoms with Crippen molar-refractivity contribution in [2.45, 2.75) is 6.54 Å². The van der Waals surface area contributed by atoms with Crippen LogP contribution in [-0.4, -0.2) is 14.7 Å². The van der Waals surface area contributed by atoms with Gasteiger partial charge in [-0.15, -0.1) is 21.6 Å². The van der Waals surface area contributed by atoms with Crippen molar-refractivity contribution < 1.29 is 5.11 Å². The summed E-state index contributed by atoms with van der Waals surface area (Å²) in [5.74, 6) is 0.0569. The maximum absolute atomic E-state index is 10.7. The largest absolute Gasteiger partial charge is 0.493 e. The third-order valence-electron chi connectivity index (χ3n) is 3.86. The van der Waals surface area contributed by atoms with Crippen molar-refractivity contribution in [1.29, 1.82) is 0 Å². The molecule has 0 saturated carbocycles. The van der Waals surface area contributed by atoms with Crippen LogP contribution < -0.4 is 0 Å². The Kier molecular flexibility index (Phi) is 4.21. The van der Waals surface area contributed by atoms with Crippen LogP contribution >= 0.6 is 22.9 Å². The fraction of sp³-hybridized carbons (Fsp3) is 0.0556. The predicted octanol–water partition coefficient (Wildman–Crippen LogP) is 5.92. The van der Waals surface area contributed by atoms with Gasteiger partial charge in [0.25, 0.3) is 0 Å². The maximum Gasteiger partial charge on any atom is 0.229 e. The van der Waals surface area contributed by atoms with Gasteiger partial charge in [-0.3, -0.25) is 0 Å². The highest BCUT2D eigenvalue weighted by Crippen LogP contribution is 2.40. The molecule has 5 nitrogen and oxygen atoms in total. The van der Waals surface area contributed by atoms with Crippen molar-refractivity contribution >= 4 is 44.7 Å². The second-order valence-electron chi connectivity index (χ2n) is 5.38. The Labute approximate surface area is 152 Å². The van der Waals surface area contributed by atoms with Gasteiger partial charge in [0.1, 0.15) is 0 Å². The van der Waals surface area contributed by atoms with Crippen LogP contribution in [0.1, 0.15) is 5.56 Å². The summed E-state index contributed by atoms with van der Waals surface area (Å²) >= 11 is 7.66. The lowest BCUT2D eigenvalue weighted by Gasteiger charge is -2.08. The minimum atomic E-state index is 0.0569. The van der Waals surface area contributed by atoms with E-state index in [0.29, 0.717) is 22.4 Å². The van der Waals surface area contributed by atoms with Crippen LogP contribution in [0, 0.1) is 0 Å². The summed E-state index contributed by atoms with van der Waals surface area (Å²) in [5, 5.41) is 22.9. The standard InChI is InChI=1S/C18H13ClN4OS/c19-14-7-3-1-5-12(14)11-23-15-8-4-2-6-13(15)16(17(23)24)21-22-18-20-9-10-25-18/h1-10,24H,11H2. The predicted molar refractivity (Wildman–Crippen MR) is 100 cm³/mol. The third-order valence-corrected chi connectivity index (χ3v) is 4.88. The monoisotopic (exact) mass is 368 g/mol. The number of benzene rings is 2. The molecule has 0 aliphatic rings. The molecule has 2 aromatic heterocycles. The second-order valence-corrected chi connectivity index (χ2v) is 6.66. The van der Waals surface area contributed by atoms with Crippen LogP contribution in [0.2, 0.25) is 5.02 Å². The van der Waals surface area contributed by atoms with Crippen LogP contribution in [0.5, 0.6) is 5.88 Å². The zero-order valence-corrected chi connectivity index (χ0v) is 14.6. The normalized spacial score (nSPS) is 11.6. The molecule has 0 unspecified atom stereocenters. The van der Waals surface area contributed by atoms with Crippen molar-refractivity contribution in [3.63, 3.8) is 0 Å². The van der Waals surface area contributed by atoms with Gasteiger partial charge in [-0.25, -0.2) is 4.98 Å². The van der Waals surface area contributed by atoms with E-state index in [9.17, 15) is 5.11 Å². The number of nitrogens with zero attached hydrogens (tertiary/aromatic N) is 4. The average molecular weight is 369 g/mol. The Hall–Kier alpha value is -2.70. The molecule has 0 saturated heterocycles. The Morgan fingerprint density at radius 1 is 1.08 bits per heavy atom. The SMILES string of the molecule is Oc1c(N=Nc2nccs2)c2ccccc2n1Cc1ccccc1Cl. The lowest BCUT2D eigenvalue weighted by Crippen LogP contribution is -1.99. The number of para-hydroxylation sites is 1. The van der Waals surface area contributed by atoms with Gasteiger partial charge in [-0.05, 0) is 17.7 Å². The van der Waals surface area contributed by atoms with Gasteiger partial charge in [0.15, 0.2) is 5.69 Å². The van der Waals surface area contributed by atoms with E-state index in [2.05, 4.69) is 15.2 Å². The van der Waals surface area contributed by atoms with E-state index >= 15 is 0 Å². The van der Waals surface area contributed by atoms with E-state index in [4.69, 9.17) is 11.6 Å². The molecular weight excluding hydrogens is 356 g/mol. The number of aromatic nitrogens is 2. The topological polar surface area (TPSA) is 62.8 Å². The molecule has 0 aliphatic heterocycles. The summed E-state index contributed by atoms with van der Waals surface area (Å²) in [6.45, 7) is 0.443. The number of halogens is 1. The number of azo groups is 1. The molecule has 0 bridgehead atoms. The zero-order valence-electron chi connectivity index (χ0n) is 13.0. The molecule has 0 aliphatic carbocycles. The molecule has 2 aromatic carbocycles. The Morgan fingerprint density at radius 2 is 1.88 bits per heavy atom. The Balaban J connectivity index is 1.82. The highest BCUT2D eigenvalue weighted by atomic mass is 35.5.